The van der Waals surface area contributed by atoms with Gasteiger partial charge in [-0.1, -0.05) is 0 Å². The number of rotatable bonds is 18. The van der Waals surface area contributed by atoms with Gasteiger partial charge in [-0.15, -0.1) is 0 Å². The van der Waals surface area contributed by atoms with E-state index in [0.29, 0.717) is 0 Å². The molecule has 6 aliphatic heterocycles. The van der Waals surface area contributed by atoms with Crippen molar-refractivity contribution in [2.24, 2.45) is 0 Å². The number of hydrogen-bond acceptors (Lipinski definition) is 30. The molecule has 0 saturated carbocycles. The topological polar surface area (TPSA) is 513 Å². The summed E-state index contributed by atoms with van der Waals surface area (Å²) in [4.78, 5) is 37.1. The summed E-state index contributed by atoms with van der Waals surface area (Å²) >= 11 is 0. The van der Waals surface area contributed by atoms with E-state index in [4.69, 9.17) is 52.1 Å². The summed E-state index contributed by atoms with van der Waals surface area (Å²) in [5.41, 5.74) is 0. The van der Waals surface area contributed by atoms with Crippen molar-refractivity contribution < 1.29 is 148 Å². The Morgan fingerprint density at radius 1 is 0.373 bits per heavy atom. The first-order valence-electron chi connectivity index (χ1n) is 23.9. The van der Waals surface area contributed by atoms with Crippen LogP contribution in [0.2, 0.25) is 0 Å². The first-order chi connectivity index (χ1) is 35.4. The molecule has 30 atom stereocenters. The van der Waals surface area contributed by atoms with Crippen molar-refractivity contribution in [2.45, 2.75) is 212 Å². The second-order valence-electron chi connectivity index (χ2n) is 19.0. The van der Waals surface area contributed by atoms with E-state index in [1.807, 2.05) is 0 Å². The average molecular weight is 1100 g/mol. The maximum atomic E-state index is 12.6. The molecule has 6 fully saturated rings. The third-order valence-electron chi connectivity index (χ3n) is 13.6. The number of hydrogen-bond donors (Lipinski definition) is 19. The van der Waals surface area contributed by atoms with Crippen LogP contribution in [0, 0.1) is 0 Å². The third kappa shape index (κ3) is 13.7. The molecule has 0 aromatic rings. The SMILES string of the molecule is CC(=O)N[C@H]1[C@H](O[C@H]2[C@@H](O)[C@@H](CO)O[C@@H](O[C@H]3[C@H](O)[C@@H](NC(C)=O)[C@H](OC[C@H]4OC(O)[C@H](NC(C)=O)[C@@H](O[C@@H]5O[C@H](CO)[C@H](O)[C@H](O)[C@H]5O)[C@H]4O)O[C@@H]3CO)[C@@H]2O)O[C@H](CO)[C@@H](O[C@@H]2O[C@@H](C)[C@@H](O)[C@@H](O)[C@@H]2O)[C@@H]1O. The molecule has 0 spiro atoms. The Bertz CT molecular complexity index is 1850. The van der Waals surface area contributed by atoms with Crippen LogP contribution in [-0.4, -0.2) is 317 Å². The molecule has 0 aromatic heterocycles. The lowest BCUT2D eigenvalue weighted by molar-refractivity contribution is -0.378. The van der Waals surface area contributed by atoms with Gasteiger partial charge in [0.25, 0.3) is 0 Å². The van der Waals surface area contributed by atoms with Gasteiger partial charge in [-0.2, -0.15) is 0 Å². The number of aliphatic hydroxyl groups excluding tert-OH is 16. The summed E-state index contributed by atoms with van der Waals surface area (Å²) in [5.74, 6) is -2.35. The molecule has 0 aromatic carbocycles. The maximum absolute atomic E-state index is 12.6. The molecule has 6 rings (SSSR count). The zero-order valence-corrected chi connectivity index (χ0v) is 40.7. The Labute approximate surface area is 426 Å². The van der Waals surface area contributed by atoms with Crippen LogP contribution in [0.4, 0.5) is 0 Å². The van der Waals surface area contributed by atoms with E-state index in [-0.39, 0.29) is 0 Å². The van der Waals surface area contributed by atoms with Crippen LogP contribution < -0.4 is 16.0 Å². The standard InChI is InChI=1S/C42H71N3O30/c1-10-22(53)28(59)30(61)40(66-10)72-34-17(8-49)71-39(20(27(34)58)44-12(3)51)75-36-24(55)15(6-47)69-42(32(36)63)73-33-16(7-48)70-38(19(26(33)57)43-11(2)50)65-9-18-25(56)35(21(37(64)67-18)45-13(4)52)74-41-31(62)29(60)23(54)14(5-46)68-41/h10,14-42,46-49,53-64H,5-9H2,1-4H3,(H,43,50)(H,44,51)(H,45,52)/t10-,14+,15+,16+,17+,18+,19+,20+,21+,22+,23-,24-,25-,26+,27+,28+,29-,30-,31+,32+,33+,34+,35+,36-,37?,38+,39-,40-,41-,42-/m0/s1. The predicted octanol–water partition coefficient (Wildman–Crippen LogP) is -12.6. The highest BCUT2D eigenvalue weighted by atomic mass is 16.8. The number of nitrogens with one attached hydrogen (secondary N) is 3. The monoisotopic (exact) mass is 1100 g/mol. The van der Waals surface area contributed by atoms with E-state index in [1.165, 1.54) is 6.92 Å². The summed E-state index contributed by atoms with van der Waals surface area (Å²) < 4.78 is 63.1. The fourth-order valence-corrected chi connectivity index (χ4v) is 9.57. The van der Waals surface area contributed by atoms with Crippen molar-refractivity contribution in [3.63, 3.8) is 0 Å². The van der Waals surface area contributed by atoms with E-state index < -0.39 is 235 Å². The number of amides is 3. The fourth-order valence-electron chi connectivity index (χ4n) is 9.57. The van der Waals surface area contributed by atoms with Crippen LogP contribution in [0.5, 0.6) is 0 Å². The highest BCUT2D eigenvalue weighted by Gasteiger charge is 2.57. The van der Waals surface area contributed by atoms with Gasteiger partial charge in [0.05, 0.1) is 39.1 Å². The van der Waals surface area contributed by atoms with Gasteiger partial charge in [0, 0.05) is 20.8 Å². The number of carbonyl (C=O) groups is 3. The fraction of sp³-hybridized carbons (Fsp3) is 0.929. The molecular formula is C42H71N3O30. The van der Waals surface area contributed by atoms with E-state index in [9.17, 15) is 96.1 Å². The average Bonchev–Trinajstić information content (AvgIpc) is 3.36. The molecule has 19 N–H and O–H groups in total. The minimum absolute atomic E-state index is 0.752. The Morgan fingerprint density at radius 2 is 0.760 bits per heavy atom. The Morgan fingerprint density at radius 3 is 1.27 bits per heavy atom. The first-order valence-corrected chi connectivity index (χ1v) is 23.9. The number of ether oxygens (including phenoxy) is 11. The lowest BCUT2D eigenvalue weighted by Crippen LogP contribution is -2.70. The highest BCUT2D eigenvalue weighted by molar-refractivity contribution is 5.74. The highest BCUT2D eigenvalue weighted by Crippen LogP contribution is 2.36. The van der Waals surface area contributed by atoms with Gasteiger partial charge in [0.1, 0.15) is 140 Å². The molecule has 33 heteroatoms. The molecule has 6 aliphatic rings. The minimum atomic E-state index is -2.17. The minimum Gasteiger partial charge on any atom is -0.394 e. The van der Waals surface area contributed by atoms with E-state index >= 15 is 0 Å². The zero-order chi connectivity index (χ0) is 55.5. The van der Waals surface area contributed by atoms with Crippen molar-refractivity contribution in [3.05, 3.63) is 0 Å². The normalized spacial score (nSPS) is 48.6. The number of carbonyl (C=O) groups excluding carboxylic acids is 3. The lowest BCUT2D eigenvalue weighted by atomic mass is 9.94. The molecular weight excluding hydrogens is 1030 g/mol. The summed E-state index contributed by atoms with van der Waals surface area (Å²) in [5, 5.41) is 179. The van der Waals surface area contributed by atoms with E-state index in [0.717, 1.165) is 20.8 Å². The first kappa shape index (κ1) is 61.5. The van der Waals surface area contributed by atoms with Crippen LogP contribution in [-0.2, 0) is 66.5 Å². The molecule has 3 amide bonds. The summed E-state index contributed by atoms with van der Waals surface area (Å²) in [7, 11) is 0. The summed E-state index contributed by atoms with van der Waals surface area (Å²) in [6, 6.07) is -4.94. The van der Waals surface area contributed by atoms with Crippen molar-refractivity contribution in [3.8, 4) is 0 Å². The van der Waals surface area contributed by atoms with Gasteiger partial charge >= 0.3 is 0 Å². The Hall–Kier alpha value is -2.67. The smallest absolute Gasteiger partial charge is 0.217 e. The van der Waals surface area contributed by atoms with Crippen LogP contribution in [0.3, 0.4) is 0 Å². The van der Waals surface area contributed by atoms with Crippen LogP contribution in [0.1, 0.15) is 27.7 Å². The quantitative estimate of drug-likeness (QED) is 0.0606. The molecule has 434 valence electrons. The Kier molecular flexibility index (Phi) is 21.8. The Balaban J connectivity index is 1.18. The van der Waals surface area contributed by atoms with E-state index in [1.54, 1.807) is 0 Å². The van der Waals surface area contributed by atoms with Crippen molar-refractivity contribution in [1.29, 1.82) is 0 Å². The van der Waals surface area contributed by atoms with Gasteiger partial charge < -0.3 is 150 Å². The number of aliphatic hydroxyl groups is 16. The largest absolute Gasteiger partial charge is 0.394 e. The predicted molar refractivity (Wildman–Crippen MR) is 233 cm³/mol. The summed E-state index contributed by atoms with van der Waals surface area (Å²) in [6.45, 7) is -0.114. The van der Waals surface area contributed by atoms with Crippen LogP contribution in [0.25, 0.3) is 0 Å². The molecule has 33 nitrogen and oxygen atoms in total. The summed E-state index contributed by atoms with van der Waals surface area (Å²) in [6.07, 6.45) is -48.5. The van der Waals surface area contributed by atoms with Crippen molar-refractivity contribution in [1.82, 2.24) is 16.0 Å². The second kappa shape index (κ2) is 26.5. The van der Waals surface area contributed by atoms with Crippen molar-refractivity contribution >= 4 is 17.7 Å². The lowest BCUT2D eigenvalue weighted by Gasteiger charge is -2.50. The van der Waals surface area contributed by atoms with Gasteiger partial charge in [-0.05, 0) is 6.92 Å². The molecule has 0 aliphatic carbocycles. The molecule has 75 heavy (non-hydrogen) atoms. The molecule has 6 saturated heterocycles. The van der Waals surface area contributed by atoms with Crippen LogP contribution in [0.15, 0.2) is 0 Å². The second-order valence-corrected chi connectivity index (χ2v) is 19.0. The maximum Gasteiger partial charge on any atom is 0.217 e. The van der Waals surface area contributed by atoms with Gasteiger partial charge in [-0.25, -0.2) is 0 Å². The van der Waals surface area contributed by atoms with Gasteiger partial charge in [-0.3, -0.25) is 14.4 Å². The van der Waals surface area contributed by atoms with Crippen molar-refractivity contribution in [2.75, 3.05) is 33.0 Å². The van der Waals surface area contributed by atoms with Gasteiger partial charge in [0.15, 0.2) is 37.7 Å². The zero-order valence-electron chi connectivity index (χ0n) is 40.7. The van der Waals surface area contributed by atoms with E-state index in [2.05, 4.69) is 16.0 Å². The van der Waals surface area contributed by atoms with Crippen LogP contribution >= 0.6 is 0 Å². The third-order valence-corrected chi connectivity index (χ3v) is 13.6. The molecule has 6 heterocycles. The molecule has 0 radical (unpaired) electrons. The molecule has 0 bridgehead atoms. The van der Waals surface area contributed by atoms with Gasteiger partial charge in [0.2, 0.25) is 17.7 Å². The molecule has 1 unspecified atom stereocenters.